The molecular weight excluding hydrogens is 368 g/mol. The van der Waals surface area contributed by atoms with Gasteiger partial charge in [-0.25, -0.2) is 4.79 Å². The van der Waals surface area contributed by atoms with Gasteiger partial charge in [-0.3, -0.25) is 4.79 Å². The maximum absolute atomic E-state index is 13.2. The Morgan fingerprint density at radius 2 is 1.72 bits per heavy atom. The number of anilines is 1. The Morgan fingerprint density at radius 1 is 0.966 bits per heavy atom. The molecule has 0 spiro atoms. The van der Waals surface area contributed by atoms with Crippen LogP contribution in [0, 0.1) is 0 Å². The van der Waals surface area contributed by atoms with E-state index in [1.165, 1.54) is 0 Å². The minimum atomic E-state index is -0.919. The van der Waals surface area contributed by atoms with E-state index in [1.807, 2.05) is 41.3 Å². The number of hydrogen-bond donors (Lipinski definition) is 1. The lowest BCUT2D eigenvalue weighted by molar-refractivity contribution is 0.0693. The molecule has 29 heavy (non-hydrogen) atoms. The molecule has 152 valence electrons. The summed E-state index contributed by atoms with van der Waals surface area (Å²) in [7, 11) is 0. The van der Waals surface area contributed by atoms with E-state index in [-0.39, 0.29) is 17.4 Å². The number of likely N-dealkylation sites (tertiary alicyclic amines) is 1. The number of carboxylic acid groups (broad SMARTS) is 1. The van der Waals surface area contributed by atoms with Crippen LogP contribution < -0.4 is 4.90 Å². The first kappa shape index (κ1) is 19.5. The minimum Gasteiger partial charge on any atom is -0.478 e. The Balaban J connectivity index is 1.46. The number of carbonyl (C=O) groups excluding carboxylic acids is 1. The minimum absolute atomic E-state index is 0.0620. The van der Waals surface area contributed by atoms with Crippen molar-refractivity contribution in [2.24, 2.45) is 0 Å². The number of piperidine rings is 1. The molecule has 1 amide bonds. The summed E-state index contributed by atoms with van der Waals surface area (Å²) in [6.07, 6.45) is 1.95. The van der Waals surface area contributed by atoms with Gasteiger partial charge in [0.1, 0.15) is 0 Å². The Kier molecular flexibility index (Phi) is 5.81. The highest BCUT2D eigenvalue weighted by Crippen LogP contribution is 2.28. The smallest absolute Gasteiger partial charge is 0.335 e. The summed E-state index contributed by atoms with van der Waals surface area (Å²) in [4.78, 5) is 28.4. The zero-order valence-corrected chi connectivity index (χ0v) is 16.4. The summed E-state index contributed by atoms with van der Waals surface area (Å²) >= 11 is 0. The molecule has 6 heteroatoms. The number of hydrogen-bond acceptors (Lipinski definition) is 4. The largest absolute Gasteiger partial charge is 0.478 e. The van der Waals surface area contributed by atoms with Crippen LogP contribution in [-0.2, 0) is 4.74 Å². The number of morpholine rings is 1. The number of amides is 1. The lowest BCUT2D eigenvalue weighted by Gasteiger charge is -2.33. The van der Waals surface area contributed by atoms with Crippen LogP contribution >= 0.6 is 0 Å². The normalized spacial score (nSPS) is 19.8. The van der Waals surface area contributed by atoms with E-state index >= 15 is 0 Å². The van der Waals surface area contributed by atoms with Gasteiger partial charge in [-0.1, -0.05) is 18.2 Å². The number of carbonyl (C=O) groups is 2. The van der Waals surface area contributed by atoms with E-state index in [2.05, 4.69) is 4.90 Å². The van der Waals surface area contributed by atoms with E-state index in [9.17, 15) is 9.59 Å². The Bertz CT molecular complexity index is 875. The Hall–Kier alpha value is -2.86. The summed E-state index contributed by atoms with van der Waals surface area (Å²) in [5.74, 6) is -0.623. The highest BCUT2D eigenvalue weighted by atomic mass is 16.5. The van der Waals surface area contributed by atoms with Gasteiger partial charge in [0.25, 0.3) is 5.91 Å². The molecule has 2 heterocycles. The molecular formula is C23H26N2O4. The van der Waals surface area contributed by atoms with Gasteiger partial charge >= 0.3 is 5.97 Å². The highest BCUT2D eigenvalue weighted by Gasteiger charge is 2.26. The maximum Gasteiger partial charge on any atom is 0.335 e. The summed E-state index contributed by atoms with van der Waals surface area (Å²) < 4.78 is 5.42. The lowest BCUT2D eigenvalue weighted by Crippen LogP contribution is -2.39. The van der Waals surface area contributed by atoms with Crippen molar-refractivity contribution in [3.05, 3.63) is 65.2 Å². The van der Waals surface area contributed by atoms with Gasteiger partial charge in [0.05, 0.1) is 18.8 Å². The molecule has 4 rings (SSSR count). The fourth-order valence-electron chi connectivity index (χ4n) is 4.17. The van der Waals surface area contributed by atoms with E-state index < -0.39 is 5.97 Å². The number of nitrogens with zero attached hydrogens (tertiary/aromatic N) is 2. The van der Waals surface area contributed by atoms with Crippen LogP contribution in [0.25, 0.3) is 0 Å². The van der Waals surface area contributed by atoms with Crippen molar-refractivity contribution in [3.8, 4) is 0 Å². The first-order valence-corrected chi connectivity index (χ1v) is 10.2. The maximum atomic E-state index is 13.2. The van der Waals surface area contributed by atoms with Crippen LogP contribution in [0.4, 0.5) is 5.69 Å². The number of aromatic carboxylic acids is 1. The summed E-state index contributed by atoms with van der Waals surface area (Å²) in [6, 6.07) is 14.9. The molecule has 2 aromatic rings. The summed E-state index contributed by atoms with van der Waals surface area (Å²) in [5.41, 5.74) is 3.17. The first-order valence-electron chi connectivity index (χ1n) is 10.2. The van der Waals surface area contributed by atoms with Gasteiger partial charge in [-0.15, -0.1) is 0 Å². The molecule has 0 unspecified atom stereocenters. The Morgan fingerprint density at radius 3 is 2.45 bits per heavy atom. The quantitative estimate of drug-likeness (QED) is 0.862. The van der Waals surface area contributed by atoms with E-state index in [0.717, 1.165) is 49.3 Å². The van der Waals surface area contributed by atoms with Crippen LogP contribution in [0.2, 0.25) is 0 Å². The molecule has 1 N–H and O–H groups in total. The standard InChI is InChI=1S/C23H26N2O4/c26-22(19-3-1-5-21(15-19)24-11-13-29-14-12-24)25-10-2-4-20(16-25)17-6-8-18(9-7-17)23(27)28/h1,3,5-9,15,20H,2,4,10-14,16H2,(H,27,28)/t20-/m0/s1. The highest BCUT2D eigenvalue weighted by molar-refractivity contribution is 5.95. The molecule has 2 aromatic carbocycles. The molecule has 2 aliphatic heterocycles. The van der Waals surface area contributed by atoms with Gasteiger partial charge in [0, 0.05) is 43.3 Å². The molecule has 2 saturated heterocycles. The van der Waals surface area contributed by atoms with Crippen LogP contribution in [0.5, 0.6) is 0 Å². The molecule has 2 fully saturated rings. The average Bonchev–Trinajstić information content (AvgIpc) is 2.79. The van der Waals surface area contributed by atoms with Crippen molar-refractivity contribution in [1.82, 2.24) is 4.90 Å². The van der Waals surface area contributed by atoms with Crippen molar-refractivity contribution in [3.63, 3.8) is 0 Å². The summed E-state index contributed by atoms with van der Waals surface area (Å²) in [6.45, 7) is 4.53. The van der Waals surface area contributed by atoms with E-state index in [4.69, 9.17) is 9.84 Å². The zero-order valence-electron chi connectivity index (χ0n) is 16.4. The molecule has 1 atom stereocenters. The molecule has 0 radical (unpaired) electrons. The fourth-order valence-corrected chi connectivity index (χ4v) is 4.17. The molecule has 0 saturated carbocycles. The van der Waals surface area contributed by atoms with E-state index in [1.54, 1.807) is 12.1 Å². The monoisotopic (exact) mass is 394 g/mol. The number of carboxylic acids is 1. The van der Waals surface area contributed by atoms with Gasteiger partial charge in [-0.2, -0.15) is 0 Å². The van der Waals surface area contributed by atoms with Crippen LogP contribution in [-0.4, -0.2) is 61.3 Å². The molecule has 0 bridgehead atoms. The molecule has 2 aliphatic rings. The second kappa shape index (κ2) is 8.66. The predicted molar refractivity (Wildman–Crippen MR) is 111 cm³/mol. The van der Waals surface area contributed by atoms with Gasteiger partial charge in [0.2, 0.25) is 0 Å². The zero-order chi connectivity index (χ0) is 20.2. The second-order valence-electron chi connectivity index (χ2n) is 7.67. The van der Waals surface area contributed by atoms with Gasteiger partial charge in [-0.05, 0) is 48.7 Å². The van der Waals surface area contributed by atoms with Crippen molar-refractivity contribution in [1.29, 1.82) is 0 Å². The summed E-state index contributed by atoms with van der Waals surface area (Å²) in [5, 5.41) is 9.08. The Labute approximate surface area is 170 Å². The number of benzene rings is 2. The van der Waals surface area contributed by atoms with E-state index in [0.29, 0.717) is 19.8 Å². The predicted octanol–water partition coefficient (Wildman–Crippen LogP) is 3.24. The third-order valence-corrected chi connectivity index (χ3v) is 5.81. The van der Waals surface area contributed by atoms with Crippen molar-refractivity contribution in [2.45, 2.75) is 18.8 Å². The van der Waals surface area contributed by atoms with Crippen molar-refractivity contribution >= 4 is 17.6 Å². The first-order chi connectivity index (χ1) is 14.1. The van der Waals surface area contributed by atoms with Crippen LogP contribution in [0.1, 0.15) is 45.0 Å². The van der Waals surface area contributed by atoms with Crippen molar-refractivity contribution < 1.29 is 19.4 Å². The molecule has 6 nitrogen and oxygen atoms in total. The average molecular weight is 394 g/mol. The van der Waals surface area contributed by atoms with Gasteiger partial charge in [0.15, 0.2) is 0 Å². The lowest BCUT2D eigenvalue weighted by atomic mass is 9.90. The van der Waals surface area contributed by atoms with Crippen molar-refractivity contribution in [2.75, 3.05) is 44.3 Å². The van der Waals surface area contributed by atoms with Crippen LogP contribution in [0.15, 0.2) is 48.5 Å². The molecule has 0 aliphatic carbocycles. The SMILES string of the molecule is O=C(O)c1ccc([C@H]2CCCN(C(=O)c3cccc(N4CCOCC4)c3)C2)cc1. The third-order valence-electron chi connectivity index (χ3n) is 5.81. The third kappa shape index (κ3) is 4.43. The van der Waals surface area contributed by atoms with Crippen LogP contribution in [0.3, 0.4) is 0 Å². The number of rotatable bonds is 4. The fraction of sp³-hybridized carbons (Fsp3) is 0.391. The topological polar surface area (TPSA) is 70.1 Å². The molecule has 0 aromatic heterocycles. The van der Waals surface area contributed by atoms with Gasteiger partial charge < -0.3 is 19.6 Å². The number of ether oxygens (including phenoxy) is 1. The second-order valence-corrected chi connectivity index (χ2v) is 7.67.